The molecule has 0 spiro atoms. The lowest BCUT2D eigenvalue weighted by Crippen LogP contribution is -2.26. The molecule has 0 aliphatic carbocycles. The van der Waals surface area contributed by atoms with E-state index in [1.165, 1.54) is 12.1 Å². The molecule has 2 rings (SSSR count). The van der Waals surface area contributed by atoms with Crippen molar-refractivity contribution in [1.82, 2.24) is 4.31 Å². The quantitative estimate of drug-likeness (QED) is 0.454. The number of halogens is 5. The van der Waals surface area contributed by atoms with Crippen LogP contribution in [0.15, 0.2) is 29.2 Å². The minimum atomic E-state index is -4.56. The van der Waals surface area contributed by atoms with E-state index in [-0.39, 0.29) is 6.42 Å². The van der Waals surface area contributed by atoms with E-state index < -0.39 is 56.0 Å². The number of sulfonamides is 1. The minimum absolute atomic E-state index is 0.0301. The average molecular weight is 379 g/mol. The average Bonchev–Trinajstić information content (AvgIpc) is 2.56. The fraction of sp³-hybridized carbons (Fsp3) is 0.250. The molecule has 9 heteroatoms. The Morgan fingerprint density at radius 3 is 1.84 bits per heavy atom. The van der Waals surface area contributed by atoms with Gasteiger partial charge < -0.3 is 0 Å². The second kappa shape index (κ2) is 7.09. The zero-order chi connectivity index (χ0) is 18.9. The van der Waals surface area contributed by atoms with Gasteiger partial charge in [-0.2, -0.15) is 0 Å². The molecule has 0 radical (unpaired) electrons. The summed E-state index contributed by atoms with van der Waals surface area (Å²) in [6.07, 6.45) is -0.453. The first-order valence-corrected chi connectivity index (χ1v) is 8.53. The number of aryl methyl sites for hydroxylation is 1. The van der Waals surface area contributed by atoms with Gasteiger partial charge in [0, 0.05) is 19.7 Å². The molecule has 0 unspecified atom stereocenters. The molecule has 2 aromatic rings. The molecule has 0 aliphatic heterocycles. The van der Waals surface area contributed by atoms with Crippen LogP contribution in [0.3, 0.4) is 0 Å². The van der Waals surface area contributed by atoms with Crippen molar-refractivity contribution in [3.8, 4) is 0 Å². The maximum atomic E-state index is 14.1. The minimum Gasteiger partial charge on any atom is -0.207 e. The van der Waals surface area contributed by atoms with Crippen LogP contribution in [-0.4, -0.2) is 26.8 Å². The van der Waals surface area contributed by atoms with Crippen LogP contribution >= 0.6 is 0 Å². The molecule has 2 aromatic carbocycles. The van der Waals surface area contributed by atoms with Crippen LogP contribution in [0.5, 0.6) is 0 Å². The summed E-state index contributed by atoms with van der Waals surface area (Å²) in [6.45, 7) is 0. The van der Waals surface area contributed by atoms with Crippen molar-refractivity contribution in [2.45, 2.75) is 17.7 Å². The number of rotatable bonds is 5. The van der Waals surface area contributed by atoms with Gasteiger partial charge in [0.15, 0.2) is 23.3 Å². The van der Waals surface area contributed by atoms with E-state index in [0.717, 1.165) is 26.2 Å². The summed E-state index contributed by atoms with van der Waals surface area (Å²) in [5.74, 6) is -8.51. The number of nitrogens with zero attached hydrogens (tertiary/aromatic N) is 1. The number of hydrogen-bond donors (Lipinski definition) is 0. The standard InChI is InChI=1S/C16H14F5NO2S/c1-22(2)25(23,24)16-11(12(18)13(19)14(20)15(16)21)8-5-9-3-6-10(17)7-4-9/h3-4,6-7H,5,8H2,1-2H3. The van der Waals surface area contributed by atoms with Crippen LogP contribution in [0.1, 0.15) is 11.1 Å². The number of hydrogen-bond acceptors (Lipinski definition) is 2. The fourth-order valence-electron chi connectivity index (χ4n) is 2.25. The molecule has 0 heterocycles. The summed E-state index contributed by atoms with van der Waals surface area (Å²) >= 11 is 0. The highest BCUT2D eigenvalue weighted by atomic mass is 32.2. The highest BCUT2D eigenvalue weighted by Crippen LogP contribution is 2.30. The van der Waals surface area contributed by atoms with Gasteiger partial charge in [-0.15, -0.1) is 0 Å². The summed E-state index contributed by atoms with van der Waals surface area (Å²) < 4.78 is 93.2. The first-order valence-electron chi connectivity index (χ1n) is 7.09. The predicted octanol–water partition coefficient (Wildman–Crippen LogP) is 3.42. The van der Waals surface area contributed by atoms with E-state index in [9.17, 15) is 30.4 Å². The Hall–Kier alpha value is -2.00. The molecule has 0 fully saturated rings. The largest absolute Gasteiger partial charge is 0.245 e. The lowest BCUT2D eigenvalue weighted by atomic mass is 10.0. The van der Waals surface area contributed by atoms with Crippen molar-refractivity contribution in [2.75, 3.05) is 14.1 Å². The van der Waals surface area contributed by atoms with Crippen LogP contribution < -0.4 is 0 Å². The zero-order valence-electron chi connectivity index (χ0n) is 13.3. The maximum absolute atomic E-state index is 14.1. The van der Waals surface area contributed by atoms with E-state index in [2.05, 4.69) is 0 Å². The normalized spacial score (nSPS) is 12.0. The molecule has 0 amide bonds. The van der Waals surface area contributed by atoms with Crippen molar-refractivity contribution in [2.24, 2.45) is 0 Å². The van der Waals surface area contributed by atoms with Crippen molar-refractivity contribution < 1.29 is 30.4 Å². The fourth-order valence-corrected chi connectivity index (χ4v) is 3.44. The highest BCUT2D eigenvalue weighted by Gasteiger charge is 2.33. The van der Waals surface area contributed by atoms with Gasteiger partial charge in [0.2, 0.25) is 10.0 Å². The van der Waals surface area contributed by atoms with E-state index in [1.807, 2.05) is 0 Å². The summed E-state index contributed by atoms with van der Waals surface area (Å²) in [5, 5.41) is 0. The van der Waals surface area contributed by atoms with Crippen LogP contribution in [0.2, 0.25) is 0 Å². The Kier molecular flexibility index (Phi) is 5.48. The van der Waals surface area contributed by atoms with Gasteiger partial charge in [-0.3, -0.25) is 0 Å². The van der Waals surface area contributed by atoms with Gasteiger partial charge in [0.05, 0.1) is 0 Å². The van der Waals surface area contributed by atoms with Crippen LogP contribution in [0.4, 0.5) is 22.0 Å². The van der Waals surface area contributed by atoms with Gasteiger partial charge in [0.25, 0.3) is 0 Å². The Balaban J connectivity index is 2.57. The molecule has 136 valence electrons. The Labute approximate surface area is 141 Å². The van der Waals surface area contributed by atoms with E-state index in [4.69, 9.17) is 0 Å². The molecule has 3 nitrogen and oxygen atoms in total. The van der Waals surface area contributed by atoms with Gasteiger partial charge in [-0.25, -0.2) is 34.7 Å². The molecule has 0 saturated heterocycles. The first kappa shape index (κ1) is 19.3. The molecule has 0 saturated carbocycles. The van der Waals surface area contributed by atoms with Crippen molar-refractivity contribution in [1.29, 1.82) is 0 Å². The summed E-state index contributed by atoms with van der Waals surface area (Å²) in [4.78, 5) is -1.24. The van der Waals surface area contributed by atoms with Gasteiger partial charge in [0.1, 0.15) is 10.7 Å². The van der Waals surface area contributed by atoms with Crippen molar-refractivity contribution in [3.05, 3.63) is 64.5 Å². The summed E-state index contributed by atoms with van der Waals surface area (Å²) in [6, 6.07) is 5.00. The molecule has 0 aliphatic rings. The second-order valence-electron chi connectivity index (χ2n) is 5.48. The zero-order valence-corrected chi connectivity index (χ0v) is 14.1. The Bertz CT molecular complexity index is 896. The number of benzene rings is 2. The predicted molar refractivity (Wildman–Crippen MR) is 81.0 cm³/mol. The SMILES string of the molecule is CN(C)S(=O)(=O)c1c(F)c(F)c(F)c(F)c1CCc1ccc(F)cc1. The van der Waals surface area contributed by atoms with E-state index in [1.54, 1.807) is 0 Å². The Morgan fingerprint density at radius 1 is 0.800 bits per heavy atom. The van der Waals surface area contributed by atoms with Gasteiger partial charge in [-0.1, -0.05) is 12.1 Å². The summed E-state index contributed by atoms with van der Waals surface area (Å²) in [5.41, 5.74) is -0.312. The molecule has 0 atom stereocenters. The van der Waals surface area contributed by atoms with Gasteiger partial charge in [-0.05, 0) is 30.5 Å². The first-order chi connectivity index (χ1) is 11.6. The lowest BCUT2D eigenvalue weighted by molar-refractivity contribution is 0.386. The third-order valence-corrected chi connectivity index (χ3v) is 5.54. The van der Waals surface area contributed by atoms with E-state index in [0.29, 0.717) is 9.87 Å². The molecule has 0 bridgehead atoms. The van der Waals surface area contributed by atoms with Crippen molar-refractivity contribution in [3.63, 3.8) is 0 Å². The van der Waals surface area contributed by atoms with Crippen molar-refractivity contribution >= 4 is 10.0 Å². The Morgan fingerprint density at radius 2 is 1.32 bits per heavy atom. The van der Waals surface area contributed by atoms with Gasteiger partial charge >= 0.3 is 0 Å². The third-order valence-electron chi connectivity index (χ3n) is 3.63. The van der Waals surface area contributed by atoms with E-state index >= 15 is 0 Å². The highest BCUT2D eigenvalue weighted by molar-refractivity contribution is 7.89. The molecule has 25 heavy (non-hydrogen) atoms. The van der Waals surface area contributed by atoms with Crippen LogP contribution in [-0.2, 0) is 22.9 Å². The molecule has 0 aromatic heterocycles. The topological polar surface area (TPSA) is 37.4 Å². The molecular formula is C16H14F5NO2S. The molecule has 0 N–H and O–H groups in total. The summed E-state index contributed by atoms with van der Waals surface area (Å²) in [7, 11) is -2.45. The smallest absolute Gasteiger partial charge is 0.207 e. The van der Waals surface area contributed by atoms with Crippen LogP contribution in [0, 0.1) is 29.1 Å². The molecular weight excluding hydrogens is 365 g/mol. The van der Waals surface area contributed by atoms with Crippen LogP contribution in [0.25, 0.3) is 0 Å². The second-order valence-corrected chi connectivity index (χ2v) is 7.57. The third kappa shape index (κ3) is 3.67. The maximum Gasteiger partial charge on any atom is 0.245 e. The lowest BCUT2D eigenvalue weighted by Gasteiger charge is -2.17. The monoisotopic (exact) mass is 379 g/mol.